The lowest BCUT2D eigenvalue weighted by Gasteiger charge is -2.36. The van der Waals surface area contributed by atoms with E-state index in [0.29, 0.717) is 9.26 Å². The molecule has 1 aromatic heterocycles. The predicted octanol–water partition coefficient (Wildman–Crippen LogP) is 2.80. The van der Waals surface area contributed by atoms with Gasteiger partial charge in [0.15, 0.2) is 5.13 Å². The first-order chi connectivity index (χ1) is 9.65. The Morgan fingerprint density at radius 1 is 1.20 bits per heavy atom. The Bertz CT molecular complexity index is 597. The van der Waals surface area contributed by atoms with E-state index < -0.39 is 0 Å². The van der Waals surface area contributed by atoms with Crippen LogP contribution in [0.1, 0.15) is 0 Å². The molecule has 0 bridgehead atoms. The van der Waals surface area contributed by atoms with Gasteiger partial charge in [0.1, 0.15) is 5.82 Å². The van der Waals surface area contributed by atoms with Crippen LogP contribution in [-0.4, -0.2) is 31.2 Å². The first kappa shape index (κ1) is 13.9. The van der Waals surface area contributed by atoms with Crippen molar-refractivity contribution >= 4 is 50.4 Å². The first-order valence-corrected chi connectivity index (χ1v) is 8.25. The van der Waals surface area contributed by atoms with Gasteiger partial charge in [-0.1, -0.05) is 0 Å². The largest absolute Gasteiger partial charge is 0.397 e. The summed E-state index contributed by atoms with van der Waals surface area (Å²) in [5.74, 6) is -0.211. The van der Waals surface area contributed by atoms with E-state index >= 15 is 0 Å². The Morgan fingerprint density at radius 3 is 2.55 bits per heavy atom. The lowest BCUT2D eigenvalue weighted by molar-refractivity contribution is 0.614. The van der Waals surface area contributed by atoms with Crippen LogP contribution < -0.4 is 15.5 Å². The first-order valence-electron chi connectivity index (χ1n) is 6.29. The van der Waals surface area contributed by atoms with Crippen LogP contribution in [0.5, 0.6) is 0 Å². The van der Waals surface area contributed by atoms with Gasteiger partial charge in [0.05, 0.1) is 14.9 Å². The number of anilines is 3. The van der Waals surface area contributed by atoms with Gasteiger partial charge >= 0.3 is 0 Å². The molecule has 0 amide bonds. The molecule has 2 heterocycles. The summed E-state index contributed by atoms with van der Waals surface area (Å²) >= 11 is 3.60. The Labute approximate surface area is 134 Å². The molecule has 106 valence electrons. The molecule has 1 fully saturated rings. The molecule has 4 nitrogen and oxygen atoms in total. The fourth-order valence-electron chi connectivity index (χ4n) is 2.34. The molecular formula is C13H14FIN4S. The highest BCUT2D eigenvalue weighted by Gasteiger charge is 2.21. The molecule has 2 N–H and O–H groups in total. The van der Waals surface area contributed by atoms with Crippen LogP contribution in [0.2, 0.25) is 0 Å². The lowest BCUT2D eigenvalue weighted by Crippen LogP contribution is -2.46. The van der Waals surface area contributed by atoms with E-state index in [4.69, 9.17) is 5.73 Å². The van der Waals surface area contributed by atoms with Crippen LogP contribution in [0.3, 0.4) is 0 Å². The number of halogens is 2. The zero-order chi connectivity index (χ0) is 14.1. The van der Waals surface area contributed by atoms with Crippen LogP contribution in [0.15, 0.2) is 23.7 Å². The van der Waals surface area contributed by atoms with Crippen molar-refractivity contribution in [1.82, 2.24) is 4.98 Å². The second-order valence-corrected chi connectivity index (χ2v) is 6.65. The monoisotopic (exact) mass is 404 g/mol. The number of hydrogen-bond acceptors (Lipinski definition) is 5. The molecule has 0 aliphatic carbocycles. The highest BCUT2D eigenvalue weighted by Crippen LogP contribution is 2.29. The van der Waals surface area contributed by atoms with Crippen molar-refractivity contribution in [3.63, 3.8) is 0 Å². The van der Waals surface area contributed by atoms with Gasteiger partial charge in [-0.15, -0.1) is 11.3 Å². The third-order valence-electron chi connectivity index (χ3n) is 3.38. The zero-order valence-electron chi connectivity index (χ0n) is 10.7. The van der Waals surface area contributed by atoms with E-state index in [2.05, 4.69) is 14.8 Å². The van der Waals surface area contributed by atoms with Crippen LogP contribution in [0.25, 0.3) is 0 Å². The minimum absolute atomic E-state index is 0.211. The molecule has 0 radical (unpaired) electrons. The van der Waals surface area contributed by atoms with Gasteiger partial charge < -0.3 is 15.5 Å². The minimum atomic E-state index is -0.211. The summed E-state index contributed by atoms with van der Waals surface area (Å²) in [6.07, 6.45) is 1.82. The van der Waals surface area contributed by atoms with Crippen molar-refractivity contribution < 1.29 is 4.39 Å². The Hall–Kier alpha value is -1.09. The van der Waals surface area contributed by atoms with Gasteiger partial charge in [-0.25, -0.2) is 9.37 Å². The minimum Gasteiger partial charge on any atom is -0.397 e. The second kappa shape index (κ2) is 5.72. The second-order valence-electron chi connectivity index (χ2n) is 4.61. The van der Waals surface area contributed by atoms with Gasteiger partial charge in [0, 0.05) is 43.8 Å². The standard InChI is InChI=1S/C13H14FIN4S/c14-9-7-12(11(16)8-10(9)15)18-2-4-19(5-3-18)13-17-1-6-20-13/h1,6-8H,2-5,16H2. The number of nitrogens with two attached hydrogens (primary N) is 1. The van der Waals surface area contributed by atoms with Crippen molar-refractivity contribution in [3.8, 4) is 0 Å². The summed E-state index contributed by atoms with van der Waals surface area (Å²) in [7, 11) is 0. The highest BCUT2D eigenvalue weighted by molar-refractivity contribution is 14.1. The van der Waals surface area contributed by atoms with Crippen molar-refractivity contribution in [2.45, 2.75) is 0 Å². The Morgan fingerprint density at radius 2 is 1.90 bits per heavy atom. The normalized spacial score (nSPS) is 15.7. The van der Waals surface area contributed by atoms with Crippen molar-refractivity contribution in [1.29, 1.82) is 0 Å². The molecule has 3 rings (SSSR count). The third-order valence-corrected chi connectivity index (χ3v) is 5.04. The third kappa shape index (κ3) is 2.69. The number of rotatable bonds is 2. The average molecular weight is 404 g/mol. The molecule has 0 unspecified atom stereocenters. The number of hydrogen-bond donors (Lipinski definition) is 1. The molecule has 0 saturated carbocycles. The number of piperazine rings is 1. The van der Waals surface area contributed by atoms with E-state index in [-0.39, 0.29) is 5.82 Å². The number of nitrogen functional groups attached to an aromatic ring is 1. The van der Waals surface area contributed by atoms with E-state index in [1.807, 2.05) is 34.2 Å². The van der Waals surface area contributed by atoms with Crippen molar-refractivity contribution in [2.24, 2.45) is 0 Å². The van der Waals surface area contributed by atoms with E-state index in [9.17, 15) is 4.39 Å². The highest BCUT2D eigenvalue weighted by atomic mass is 127. The lowest BCUT2D eigenvalue weighted by atomic mass is 10.2. The summed E-state index contributed by atoms with van der Waals surface area (Å²) in [5, 5.41) is 3.03. The Kier molecular flexibility index (Phi) is 3.97. The number of benzene rings is 1. The van der Waals surface area contributed by atoms with Gasteiger partial charge in [0.2, 0.25) is 0 Å². The van der Waals surface area contributed by atoms with Gasteiger partial charge in [-0.05, 0) is 28.7 Å². The molecule has 1 aliphatic heterocycles. The topological polar surface area (TPSA) is 45.4 Å². The van der Waals surface area contributed by atoms with Crippen molar-refractivity contribution in [2.75, 3.05) is 41.7 Å². The van der Waals surface area contributed by atoms with Crippen LogP contribution in [0.4, 0.5) is 20.9 Å². The van der Waals surface area contributed by atoms with Gasteiger partial charge in [0.25, 0.3) is 0 Å². The fraction of sp³-hybridized carbons (Fsp3) is 0.308. The molecule has 1 aromatic carbocycles. The van der Waals surface area contributed by atoms with E-state index in [1.165, 1.54) is 6.07 Å². The SMILES string of the molecule is Nc1cc(I)c(F)cc1N1CCN(c2nccs2)CC1. The smallest absolute Gasteiger partial charge is 0.185 e. The molecule has 0 spiro atoms. The maximum absolute atomic E-state index is 13.7. The Balaban J connectivity index is 1.74. The molecule has 1 saturated heterocycles. The summed E-state index contributed by atoms with van der Waals surface area (Å²) in [6.45, 7) is 3.40. The maximum Gasteiger partial charge on any atom is 0.185 e. The van der Waals surface area contributed by atoms with Crippen LogP contribution in [-0.2, 0) is 0 Å². The van der Waals surface area contributed by atoms with Gasteiger partial charge in [-0.3, -0.25) is 0 Å². The molecule has 2 aromatic rings. The maximum atomic E-state index is 13.7. The summed E-state index contributed by atoms with van der Waals surface area (Å²) in [6, 6.07) is 3.23. The summed E-state index contributed by atoms with van der Waals surface area (Å²) in [4.78, 5) is 8.71. The zero-order valence-corrected chi connectivity index (χ0v) is 13.7. The molecule has 7 heteroatoms. The van der Waals surface area contributed by atoms with E-state index in [0.717, 1.165) is 37.0 Å². The predicted molar refractivity (Wildman–Crippen MR) is 90.1 cm³/mol. The molecule has 20 heavy (non-hydrogen) atoms. The summed E-state index contributed by atoms with van der Waals surface area (Å²) < 4.78 is 14.3. The molecular weight excluding hydrogens is 390 g/mol. The number of aromatic nitrogens is 1. The fourth-order valence-corrected chi connectivity index (χ4v) is 3.52. The number of nitrogens with zero attached hydrogens (tertiary/aromatic N) is 3. The van der Waals surface area contributed by atoms with E-state index in [1.54, 1.807) is 17.4 Å². The number of thiazole rings is 1. The van der Waals surface area contributed by atoms with Gasteiger partial charge in [-0.2, -0.15) is 0 Å². The molecule has 1 aliphatic rings. The van der Waals surface area contributed by atoms with Crippen molar-refractivity contribution in [3.05, 3.63) is 33.1 Å². The average Bonchev–Trinajstić information content (AvgIpc) is 2.97. The van der Waals surface area contributed by atoms with Crippen LogP contribution in [0, 0.1) is 9.39 Å². The molecule has 0 atom stereocenters. The quantitative estimate of drug-likeness (QED) is 0.618. The summed E-state index contributed by atoms with van der Waals surface area (Å²) in [5.41, 5.74) is 7.44. The van der Waals surface area contributed by atoms with Crippen LogP contribution >= 0.6 is 33.9 Å².